The smallest absolute Gasteiger partial charge is 0.312 e. The van der Waals surface area contributed by atoms with Crippen LogP contribution >= 0.6 is 0 Å². The van der Waals surface area contributed by atoms with Crippen LogP contribution in [0.25, 0.3) is 0 Å². The first-order valence-electron chi connectivity index (χ1n) is 10.8. The second kappa shape index (κ2) is 9.90. The van der Waals surface area contributed by atoms with Crippen LogP contribution in [0.15, 0.2) is 36.4 Å². The largest absolute Gasteiger partial charge is 0.497 e. The predicted molar refractivity (Wildman–Crippen MR) is 120 cm³/mol. The van der Waals surface area contributed by atoms with Crippen molar-refractivity contribution in [3.8, 4) is 23.0 Å². The van der Waals surface area contributed by atoms with Crippen LogP contribution in [0.2, 0.25) is 0 Å². The fourth-order valence-electron chi connectivity index (χ4n) is 3.81. The molecule has 1 N–H and O–H groups in total. The Morgan fingerprint density at radius 2 is 1.91 bits per heavy atom. The average molecular weight is 470 g/mol. The van der Waals surface area contributed by atoms with Crippen molar-refractivity contribution in [3.05, 3.63) is 42.0 Å². The summed E-state index contributed by atoms with van der Waals surface area (Å²) in [4.78, 5) is 39.2. The number of rotatable bonds is 8. The lowest BCUT2D eigenvalue weighted by atomic mass is 10.1. The summed E-state index contributed by atoms with van der Waals surface area (Å²) >= 11 is 0. The van der Waals surface area contributed by atoms with Crippen molar-refractivity contribution in [1.29, 1.82) is 0 Å². The normalized spacial score (nSPS) is 17.3. The Labute approximate surface area is 196 Å². The fourth-order valence-corrected chi connectivity index (χ4v) is 3.81. The molecule has 2 heterocycles. The molecule has 0 unspecified atom stereocenters. The molecular weight excluding hydrogens is 444 g/mol. The number of nitrogens with zero attached hydrogens (tertiary/aromatic N) is 1. The van der Waals surface area contributed by atoms with Crippen molar-refractivity contribution in [2.75, 3.05) is 32.5 Å². The number of anilines is 1. The highest BCUT2D eigenvalue weighted by Crippen LogP contribution is 2.36. The van der Waals surface area contributed by atoms with E-state index in [0.29, 0.717) is 28.7 Å². The van der Waals surface area contributed by atoms with Gasteiger partial charge in [-0.05, 0) is 36.8 Å². The molecule has 0 saturated carbocycles. The van der Waals surface area contributed by atoms with Crippen molar-refractivity contribution >= 4 is 23.5 Å². The molecule has 2 atom stereocenters. The van der Waals surface area contributed by atoms with E-state index in [4.69, 9.17) is 23.7 Å². The summed E-state index contributed by atoms with van der Waals surface area (Å²) in [7, 11) is 3.03. The van der Waals surface area contributed by atoms with E-state index in [9.17, 15) is 14.4 Å². The van der Waals surface area contributed by atoms with Crippen LogP contribution in [0.1, 0.15) is 18.9 Å². The molecule has 1 fully saturated rings. The number of hydrogen-bond acceptors (Lipinski definition) is 8. The Morgan fingerprint density at radius 1 is 1.12 bits per heavy atom. The zero-order chi connectivity index (χ0) is 24.2. The van der Waals surface area contributed by atoms with Gasteiger partial charge < -0.3 is 33.9 Å². The Kier molecular flexibility index (Phi) is 6.76. The molecule has 1 saturated heterocycles. The van der Waals surface area contributed by atoms with Gasteiger partial charge >= 0.3 is 5.97 Å². The van der Waals surface area contributed by atoms with Crippen molar-refractivity contribution in [2.45, 2.75) is 26.0 Å². The third-order valence-corrected chi connectivity index (χ3v) is 5.70. The number of amides is 2. The summed E-state index contributed by atoms with van der Waals surface area (Å²) in [6, 6.07) is 10.5. The number of hydrogen-bond donors (Lipinski definition) is 1. The molecule has 2 aromatic rings. The molecule has 10 heteroatoms. The lowest BCUT2D eigenvalue weighted by molar-refractivity contribution is -0.158. The minimum Gasteiger partial charge on any atom is -0.497 e. The summed E-state index contributed by atoms with van der Waals surface area (Å²) in [5, 5.41) is 2.74. The molecule has 4 rings (SSSR count). The number of benzene rings is 2. The van der Waals surface area contributed by atoms with E-state index in [0.717, 1.165) is 5.56 Å². The van der Waals surface area contributed by atoms with E-state index in [2.05, 4.69) is 5.32 Å². The van der Waals surface area contributed by atoms with Gasteiger partial charge in [-0.1, -0.05) is 6.07 Å². The molecular formula is C24H26N2O8. The van der Waals surface area contributed by atoms with Gasteiger partial charge in [0.2, 0.25) is 12.7 Å². The second-order valence-electron chi connectivity index (χ2n) is 7.93. The van der Waals surface area contributed by atoms with Crippen LogP contribution in [0.3, 0.4) is 0 Å². The van der Waals surface area contributed by atoms with Crippen LogP contribution in [0.4, 0.5) is 5.69 Å². The van der Waals surface area contributed by atoms with E-state index >= 15 is 0 Å². The second-order valence-corrected chi connectivity index (χ2v) is 7.93. The van der Waals surface area contributed by atoms with Crippen molar-refractivity contribution in [3.63, 3.8) is 0 Å². The topological polar surface area (TPSA) is 113 Å². The Morgan fingerprint density at radius 3 is 2.68 bits per heavy atom. The summed E-state index contributed by atoms with van der Waals surface area (Å²) in [5.41, 5.74) is 1.36. The van der Waals surface area contributed by atoms with Crippen molar-refractivity contribution in [2.24, 2.45) is 5.92 Å². The highest BCUT2D eigenvalue weighted by atomic mass is 16.7. The maximum Gasteiger partial charge on any atom is 0.312 e. The van der Waals surface area contributed by atoms with Crippen LogP contribution in [-0.2, 0) is 25.7 Å². The van der Waals surface area contributed by atoms with Gasteiger partial charge in [0, 0.05) is 25.6 Å². The average Bonchev–Trinajstić information content (AvgIpc) is 3.48. The van der Waals surface area contributed by atoms with Crippen molar-refractivity contribution in [1.82, 2.24) is 5.32 Å². The number of carbonyl (C=O) groups excluding carboxylic acids is 3. The lowest BCUT2D eigenvalue weighted by Gasteiger charge is -2.20. The highest BCUT2D eigenvalue weighted by Gasteiger charge is 2.38. The van der Waals surface area contributed by atoms with Crippen LogP contribution in [-0.4, -0.2) is 51.4 Å². The van der Waals surface area contributed by atoms with Gasteiger partial charge in [-0.15, -0.1) is 0 Å². The van der Waals surface area contributed by atoms with Crippen LogP contribution in [0.5, 0.6) is 23.0 Å². The maximum absolute atomic E-state index is 12.7. The number of ether oxygens (including phenoxy) is 5. The van der Waals surface area contributed by atoms with Gasteiger partial charge in [0.05, 0.1) is 25.8 Å². The number of methoxy groups -OCH3 is 2. The van der Waals surface area contributed by atoms with Gasteiger partial charge in [0.15, 0.2) is 17.6 Å². The summed E-state index contributed by atoms with van der Waals surface area (Å²) in [5.74, 6) is 0.355. The number of fused-ring (bicyclic) bond motifs is 1. The Balaban J connectivity index is 1.32. The molecule has 2 aliphatic rings. The molecule has 10 nitrogen and oxygen atoms in total. The molecule has 0 aromatic heterocycles. The van der Waals surface area contributed by atoms with Gasteiger partial charge in [-0.3, -0.25) is 14.4 Å². The fraction of sp³-hybridized carbons (Fsp3) is 0.375. The highest BCUT2D eigenvalue weighted by molar-refractivity contribution is 6.01. The SMILES string of the molecule is COc1ccc(N2C[C@@H](C(=O)O[C@@H](C)C(=O)NCc3ccc4c(c3)OCO4)CC2=O)c(OC)c1. The first-order chi connectivity index (χ1) is 16.4. The van der Waals surface area contributed by atoms with Crippen LogP contribution < -0.4 is 29.2 Å². The van der Waals surface area contributed by atoms with E-state index < -0.39 is 23.9 Å². The predicted octanol–water partition coefficient (Wildman–Crippen LogP) is 2.03. The van der Waals surface area contributed by atoms with Gasteiger partial charge in [0.25, 0.3) is 5.91 Å². The lowest BCUT2D eigenvalue weighted by Crippen LogP contribution is -2.37. The number of carbonyl (C=O) groups is 3. The van der Waals surface area contributed by atoms with Crippen LogP contribution in [0, 0.1) is 5.92 Å². The minimum atomic E-state index is -1.01. The molecule has 2 aliphatic heterocycles. The molecule has 0 aliphatic carbocycles. The zero-order valence-electron chi connectivity index (χ0n) is 19.2. The minimum absolute atomic E-state index is 0.0143. The Bertz CT molecular complexity index is 1100. The standard InChI is InChI=1S/C24H26N2O8/c1-14(23(28)25-11-15-4-7-19-21(8-15)33-13-32-19)34-24(29)16-9-22(27)26(12-16)18-6-5-17(30-2)10-20(18)31-3/h4-8,10,14,16H,9,11-13H2,1-3H3,(H,25,28)/t14-,16-/m0/s1. The third kappa shape index (κ3) is 4.85. The van der Waals surface area contributed by atoms with Gasteiger partial charge in [-0.2, -0.15) is 0 Å². The van der Waals surface area contributed by atoms with Crippen molar-refractivity contribution < 1.29 is 38.1 Å². The first-order valence-corrected chi connectivity index (χ1v) is 10.8. The Hall–Kier alpha value is -3.95. The maximum atomic E-state index is 12.7. The first kappa shape index (κ1) is 23.2. The third-order valence-electron chi connectivity index (χ3n) is 5.70. The molecule has 2 amide bonds. The van der Waals surface area contributed by atoms with E-state index in [1.165, 1.54) is 26.0 Å². The summed E-state index contributed by atoms with van der Waals surface area (Å²) in [6.07, 6.45) is -1.03. The molecule has 0 radical (unpaired) electrons. The van der Waals surface area contributed by atoms with E-state index in [-0.39, 0.29) is 32.2 Å². The molecule has 180 valence electrons. The molecule has 34 heavy (non-hydrogen) atoms. The van der Waals surface area contributed by atoms with Gasteiger partial charge in [0.1, 0.15) is 11.5 Å². The quantitative estimate of drug-likeness (QED) is 0.584. The number of nitrogens with one attached hydrogen (secondary N) is 1. The van der Waals surface area contributed by atoms with E-state index in [1.54, 1.807) is 30.3 Å². The number of esters is 1. The van der Waals surface area contributed by atoms with Gasteiger partial charge in [-0.25, -0.2) is 0 Å². The summed E-state index contributed by atoms with van der Waals surface area (Å²) < 4.78 is 26.5. The molecule has 0 spiro atoms. The monoisotopic (exact) mass is 470 g/mol. The molecule has 0 bridgehead atoms. The molecule has 2 aromatic carbocycles. The summed E-state index contributed by atoms with van der Waals surface area (Å²) in [6.45, 7) is 2.04. The van der Waals surface area contributed by atoms with E-state index in [1.807, 2.05) is 6.07 Å². The zero-order valence-corrected chi connectivity index (χ0v) is 19.2.